The Morgan fingerprint density at radius 2 is 2.10 bits per heavy atom. The van der Waals surface area contributed by atoms with E-state index in [2.05, 4.69) is 10.3 Å². The molecule has 20 heavy (non-hydrogen) atoms. The summed E-state index contributed by atoms with van der Waals surface area (Å²) in [4.78, 5) is 26.5. The van der Waals surface area contributed by atoms with Crippen molar-refractivity contribution in [3.8, 4) is 0 Å². The maximum Gasteiger partial charge on any atom is 0.252 e. The molecule has 6 heteroatoms. The summed E-state index contributed by atoms with van der Waals surface area (Å²) in [5.74, 6) is -0.216. The number of aromatic amines is 1. The minimum Gasteiger partial charge on any atom is -0.352 e. The molecule has 0 bridgehead atoms. The second-order valence-electron chi connectivity index (χ2n) is 4.96. The van der Waals surface area contributed by atoms with Gasteiger partial charge in [0.15, 0.2) is 0 Å². The van der Waals surface area contributed by atoms with Gasteiger partial charge in [-0.3, -0.25) is 9.59 Å². The molecule has 3 rings (SSSR count). The normalized spacial score (nSPS) is 19.8. The number of fused-ring (bicyclic) bond motifs is 1. The monoisotopic (exact) mass is 310 g/mol. The standard InChI is InChI=1S/C14H12Cl2N2O2/c15-14(16)6-8(14)7-17-13(20)10-5-12(19)18-11-4-2-1-3-9(10)11/h1-5,8H,6-7H2,(H,17,20)(H,18,19). The first-order chi connectivity index (χ1) is 9.47. The number of amides is 1. The Morgan fingerprint density at radius 1 is 1.40 bits per heavy atom. The van der Waals surface area contributed by atoms with Crippen LogP contribution in [0.4, 0.5) is 0 Å². The molecule has 1 aromatic carbocycles. The van der Waals surface area contributed by atoms with Gasteiger partial charge in [-0.2, -0.15) is 0 Å². The van der Waals surface area contributed by atoms with Gasteiger partial charge in [-0.25, -0.2) is 0 Å². The molecular weight excluding hydrogens is 299 g/mol. The third-order valence-corrected chi connectivity index (χ3v) is 4.39. The number of hydrogen-bond acceptors (Lipinski definition) is 2. The van der Waals surface area contributed by atoms with E-state index in [1.54, 1.807) is 18.2 Å². The fourth-order valence-electron chi connectivity index (χ4n) is 2.19. The molecule has 1 atom stereocenters. The Hall–Kier alpha value is -1.52. The molecule has 1 aromatic heterocycles. The van der Waals surface area contributed by atoms with Crippen LogP contribution in [-0.4, -0.2) is 21.8 Å². The highest BCUT2D eigenvalue weighted by Crippen LogP contribution is 2.52. The number of alkyl halides is 2. The number of carbonyl (C=O) groups excluding carboxylic acids is 1. The second kappa shape index (κ2) is 4.79. The molecule has 1 amide bonds. The first kappa shape index (κ1) is 13.5. The van der Waals surface area contributed by atoms with Gasteiger partial charge in [0.2, 0.25) is 5.56 Å². The van der Waals surface area contributed by atoms with Gasteiger partial charge in [0.05, 0.1) is 5.56 Å². The highest BCUT2D eigenvalue weighted by Gasteiger charge is 2.51. The van der Waals surface area contributed by atoms with Crippen molar-refractivity contribution in [3.05, 3.63) is 46.2 Å². The Labute approximate surface area is 125 Å². The largest absolute Gasteiger partial charge is 0.352 e. The van der Waals surface area contributed by atoms with E-state index in [1.807, 2.05) is 6.07 Å². The van der Waals surface area contributed by atoms with Crippen LogP contribution in [0.1, 0.15) is 16.8 Å². The Kier molecular flexibility index (Phi) is 3.22. The van der Waals surface area contributed by atoms with Crippen molar-refractivity contribution in [1.82, 2.24) is 10.3 Å². The minimum absolute atomic E-state index is 0.0723. The number of halogens is 2. The highest BCUT2D eigenvalue weighted by molar-refractivity contribution is 6.50. The molecule has 104 valence electrons. The Balaban J connectivity index is 1.86. The molecule has 4 nitrogen and oxygen atoms in total. The molecule has 1 aliphatic carbocycles. The quantitative estimate of drug-likeness (QED) is 0.855. The Bertz CT molecular complexity index is 739. The minimum atomic E-state index is -0.719. The first-order valence-electron chi connectivity index (χ1n) is 6.25. The van der Waals surface area contributed by atoms with Crippen LogP contribution in [0.2, 0.25) is 0 Å². The lowest BCUT2D eigenvalue weighted by Gasteiger charge is -2.07. The fraction of sp³-hybridized carbons (Fsp3) is 0.286. The number of H-pyrrole nitrogens is 1. The number of para-hydroxylation sites is 1. The van der Waals surface area contributed by atoms with Gasteiger partial charge in [0.25, 0.3) is 5.91 Å². The molecule has 0 saturated heterocycles. The fourth-order valence-corrected chi connectivity index (χ4v) is 2.72. The van der Waals surface area contributed by atoms with Crippen LogP contribution >= 0.6 is 23.2 Å². The molecule has 1 unspecified atom stereocenters. The smallest absolute Gasteiger partial charge is 0.252 e. The van der Waals surface area contributed by atoms with Crippen LogP contribution in [-0.2, 0) is 0 Å². The average Bonchev–Trinajstić information content (AvgIpc) is 3.02. The van der Waals surface area contributed by atoms with Crippen LogP contribution in [0.15, 0.2) is 35.1 Å². The third-order valence-electron chi connectivity index (χ3n) is 3.46. The molecule has 1 saturated carbocycles. The maximum absolute atomic E-state index is 12.2. The molecule has 0 aliphatic heterocycles. The van der Waals surface area contributed by atoms with E-state index in [0.29, 0.717) is 29.4 Å². The van der Waals surface area contributed by atoms with Gasteiger partial charge in [0.1, 0.15) is 4.33 Å². The summed E-state index contributed by atoms with van der Waals surface area (Å²) in [5.41, 5.74) is 0.699. The van der Waals surface area contributed by atoms with Crippen molar-refractivity contribution in [2.75, 3.05) is 6.54 Å². The van der Waals surface area contributed by atoms with E-state index in [9.17, 15) is 9.59 Å². The van der Waals surface area contributed by atoms with Crippen molar-refractivity contribution in [2.24, 2.45) is 5.92 Å². The van der Waals surface area contributed by atoms with Crippen LogP contribution in [0.3, 0.4) is 0 Å². The Morgan fingerprint density at radius 3 is 2.80 bits per heavy atom. The van der Waals surface area contributed by atoms with Gasteiger partial charge in [-0.05, 0) is 12.5 Å². The van der Waals surface area contributed by atoms with Crippen molar-refractivity contribution >= 4 is 40.0 Å². The molecule has 0 spiro atoms. The summed E-state index contributed by atoms with van der Waals surface area (Å²) < 4.78 is -0.719. The molecule has 1 heterocycles. The van der Waals surface area contributed by atoms with E-state index >= 15 is 0 Å². The number of nitrogens with one attached hydrogen (secondary N) is 2. The molecule has 2 aromatic rings. The summed E-state index contributed by atoms with van der Waals surface area (Å²) in [5, 5.41) is 3.49. The van der Waals surface area contributed by atoms with Gasteiger partial charge < -0.3 is 10.3 Å². The van der Waals surface area contributed by atoms with E-state index in [-0.39, 0.29) is 17.4 Å². The SMILES string of the molecule is O=C(NCC1CC1(Cl)Cl)c1cc(=O)[nH]c2ccccc12. The number of pyridine rings is 1. The average molecular weight is 311 g/mol. The molecular formula is C14H12Cl2N2O2. The summed E-state index contributed by atoms with van der Waals surface area (Å²) in [6.07, 6.45) is 0.673. The lowest BCUT2D eigenvalue weighted by atomic mass is 10.1. The van der Waals surface area contributed by atoms with Crippen LogP contribution in [0.25, 0.3) is 10.9 Å². The lowest BCUT2D eigenvalue weighted by Crippen LogP contribution is -2.28. The van der Waals surface area contributed by atoms with Gasteiger partial charge in [-0.1, -0.05) is 18.2 Å². The van der Waals surface area contributed by atoms with Gasteiger partial charge >= 0.3 is 0 Å². The predicted octanol–water partition coefficient (Wildman–Crippen LogP) is 2.45. The number of hydrogen-bond donors (Lipinski definition) is 2. The number of aromatic nitrogens is 1. The first-order valence-corrected chi connectivity index (χ1v) is 7.01. The molecule has 2 N–H and O–H groups in total. The maximum atomic E-state index is 12.2. The molecule has 0 radical (unpaired) electrons. The zero-order valence-electron chi connectivity index (χ0n) is 10.5. The van der Waals surface area contributed by atoms with Crippen LogP contribution < -0.4 is 10.9 Å². The van der Waals surface area contributed by atoms with Gasteiger partial charge in [0, 0.05) is 29.4 Å². The summed E-state index contributed by atoms with van der Waals surface area (Å²) in [7, 11) is 0. The highest BCUT2D eigenvalue weighted by atomic mass is 35.5. The second-order valence-corrected chi connectivity index (χ2v) is 6.51. The van der Waals surface area contributed by atoms with E-state index in [4.69, 9.17) is 23.2 Å². The van der Waals surface area contributed by atoms with Crippen LogP contribution in [0.5, 0.6) is 0 Å². The van der Waals surface area contributed by atoms with Crippen molar-refractivity contribution in [1.29, 1.82) is 0 Å². The number of rotatable bonds is 3. The van der Waals surface area contributed by atoms with Crippen molar-refractivity contribution in [2.45, 2.75) is 10.8 Å². The molecule has 1 fully saturated rings. The number of carbonyl (C=O) groups is 1. The van der Waals surface area contributed by atoms with Crippen LogP contribution in [0, 0.1) is 5.92 Å². The van der Waals surface area contributed by atoms with E-state index in [0.717, 1.165) is 0 Å². The summed E-state index contributed by atoms with van der Waals surface area (Å²) in [6.45, 7) is 0.410. The zero-order valence-corrected chi connectivity index (χ0v) is 12.0. The lowest BCUT2D eigenvalue weighted by molar-refractivity contribution is 0.0953. The van der Waals surface area contributed by atoms with E-state index < -0.39 is 4.33 Å². The number of benzene rings is 1. The zero-order chi connectivity index (χ0) is 14.3. The van der Waals surface area contributed by atoms with Crippen molar-refractivity contribution in [3.63, 3.8) is 0 Å². The summed E-state index contributed by atoms with van der Waals surface area (Å²) in [6, 6.07) is 8.49. The molecule has 1 aliphatic rings. The topological polar surface area (TPSA) is 62.0 Å². The predicted molar refractivity (Wildman–Crippen MR) is 79.4 cm³/mol. The van der Waals surface area contributed by atoms with Gasteiger partial charge in [-0.15, -0.1) is 23.2 Å². The van der Waals surface area contributed by atoms with E-state index in [1.165, 1.54) is 6.07 Å². The third kappa shape index (κ3) is 2.53. The van der Waals surface area contributed by atoms with Crippen molar-refractivity contribution < 1.29 is 4.79 Å². The summed E-state index contributed by atoms with van der Waals surface area (Å²) >= 11 is 11.8.